The zero-order valence-electron chi connectivity index (χ0n) is 17.2. The molecule has 1 aromatic carbocycles. The quantitative estimate of drug-likeness (QED) is 0.243. The van der Waals surface area contributed by atoms with E-state index >= 15 is 0 Å². The number of hydrogen-bond acceptors (Lipinski definition) is 7. The summed E-state index contributed by atoms with van der Waals surface area (Å²) in [5, 5.41) is 30.2. The van der Waals surface area contributed by atoms with E-state index in [1.165, 1.54) is 4.57 Å². The maximum Gasteiger partial charge on any atom is 0.282 e. The summed E-state index contributed by atoms with van der Waals surface area (Å²) in [5.74, 6) is -0.604. The largest absolute Gasteiger partial charge is 0.396 e. The molecule has 0 aliphatic heterocycles. The van der Waals surface area contributed by atoms with Crippen LogP contribution in [0.1, 0.15) is 34.5 Å². The van der Waals surface area contributed by atoms with Gasteiger partial charge in [0.2, 0.25) is 0 Å². The number of amides is 1. The van der Waals surface area contributed by atoms with E-state index in [-0.39, 0.29) is 78.5 Å². The summed E-state index contributed by atoms with van der Waals surface area (Å²) in [6.45, 7) is 4.36. The number of nitrogens with one attached hydrogen (secondary N) is 1. The van der Waals surface area contributed by atoms with Crippen LogP contribution in [-0.2, 0) is 31.7 Å². The van der Waals surface area contributed by atoms with Crippen LogP contribution < -0.4 is 10.9 Å². The molecule has 10 heteroatoms. The molecule has 0 bridgehead atoms. The first-order valence-electron chi connectivity index (χ1n) is 9.66. The molecule has 0 saturated heterocycles. The monoisotopic (exact) mass is 513 g/mol. The van der Waals surface area contributed by atoms with E-state index in [9.17, 15) is 14.7 Å². The molecular weight excluding hydrogens is 485 g/mol. The summed E-state index contributed by atoms with van der Waals surface area (Å²) in [6.07, 6.45) is -0.262. The van der Waals surface area contributed by atoms with Crippen molar-refractivity contribution >= 4 is 16.9 Å². The van der Waals surface area contributed by atoms with Gasteiger partial charge in [-0.2, -0.15) is 0 Å². The van der Waals surface area contributed by atoms with Gasteiger partial charge in [0.05, 0.1) is 37.0 Å². The zero-order valence-corrected chi connectivity index (χ0v) is 18.7. The first-order valence-corrected chi connectivity index (χ1v) is 9.66. The fourth-order valence-corrected chi connectivity index (χ4v) is 2.93. The Bertz CT molecular complexity index is 902. The number of aromatic nitrogens is 2. The predicted molar refractivity (Wildman–Crippen MR) is 108 cm³/mol. The van der Waals surface area contributed by atoms with Gasteiger partial charge in [-0.15, -0.1) is 0 Å². The minimum atomic E-state index is -0.748. The van der Waals surface area contributed by atoms with E-state index < -0.39 is 17.6 Å². The third-order valence-electron chi connectivity index (χ3n) is 4.69. The molecule has 30 heavy (non-hydrogen) atoms. The van der Waals surface area contributed by atoms with E-state index in [4.69, 9.17) is 14.9 Å². The van der Waals surface area contributed by atoms with Gasteiger partial charge in [0.15, 0.2) is 5.69 Å². The van der Waals surface area contributed by atoms with Gasteiger partial charge in [-0.3, -0.25) is 9.59 Å². The average molecular weight is 514 g/mol. The molecule has 0 saturated carbocycles. The summed E-state index contributed by atoms with van der Waals surface area (Å²) in [6, 6.07) is 3.67. The van der Waals surface area contributed by atoms with Crippen molar-refractivity contribution in [3.63, 3.8) is 0 Å². The number of rotatable bonds is 11. The Labute approximate surface area is 188 Å². The van der Waals surface area contributed by atoms with Crippen LogP contribution in [0.5, 0.6) is 0 Å². The zero-order chi connectivity index (χ0) is 21.4. The second kappa shape index (κ2) is 12.9. The fourth-order valence-electron chi connectivity index (χ4n) is 2.93. The molecule has 2 rings (SSSR count). The molecule has 0 fully saturated rings. The second-order valence-electron chi connectivity index (χ2n) is 6.89. The van der Waals surface area contributed by atoms with Crippen molar-refractivity contribution in [2.45, 2.75) is 39.3 Å². The Morgan fingerprint density at radius 1 is 1.17 bits per heavy atom. The number of fused-ring (bicyclic) bond motifs is 1. The molecule has 1 amide bonds. The predicted octanol–water partition coefficient (Wildman–Crippen LogP) is -0.117. The van der Waals surface area contributed by atoms with Crippen molar-refractivity contribution in [1.82, 2.24) is 14.9 Å². The van der Waals surface area contributed by atoms with E-state index in [0.717, 1.165) is 11.1 Å². The number of benzene rings is 1. The summed E-state index contributed by atoms with van der Waals surface area (Å²) in [4.78, 5) is 29.8. The van der Waals surface area contributed by atoms with E-state index in [1.807, 2.05) is 26.0 Å². The number of nitrogens with zero attached hydrogens (tertiary/aromatic N) is 2. The van der Waals surface area contributed by atoms with E-state index in [2.05, 4.69) is 10.3 Å². The molecule has 1 heterocycles. The summed E-state index contributed by atoms with van der Waals surface area (Å²) in [5.41, 5.74) is 2.33. The third-order valence-corrected chi connectivity index (χ3v) is 4.69. The van der Waals surface area contributed by atoms with Crippen molar-refractivity contribution in [3.05, 3.63) is 39.3 Å². The van der Waals surface area contributed by atoms with Crippen molar-refractivity contribution < 1.29 is 45.3 Å². The van der Waals surface area contributed by atoms with Gasteiger partial charge in [0, 0.05) is 40.1 Å². The number of carbonyl (C=O) groups is 1. The maximum absolute atomic E-state index is 13.0. The summed E-state index contributed by atoms with van der Waals surface area (Å²) < 4.78 is 6.54. The van der Waals surface area contributed by atoms with Crippen LogP contribution >= 0.6 is 0 Å². The van der Waals surface area contributed by atoms with Gasteiger partial charge >= 0.3 is 0 Å². The molecule has 9 nitrogen and oxygen atoms in total. The van der Waals surface area contributed by atoms with Crippen LogP contribution in [0.15, 0.2) is 16.9 Å². The van der Waals surface area contributed by atoms with Crippen LogP contribution in [0.25, 0.3) is 11.0 Å². The number of carbonyl (C=O) groups excluding carboxylic acids is 1. The Morgan fingerprint density at radius 2 is 1.87 bits per heavy atom. The first-order chi connectivity index (χ1) is 13.9. The molecule has 1 aromatic heterocycles. The Kier molecular flexibility index (Phi) is 11.3. The Balaban J connectivity index is 0.00000450. The van der Waals surface area contributed by atoms with Crippen LogP contribution in [-0.4, -0.2) is 69.9 Å². The summed E-state index contributed by atoms with van der Waals surface area (Å²) in [7, 11) is 0. The molecule has 1 unspecified atom stereocenters. The van der Waals surface area contributed by atoms with Crippen molar-refractivity contribution in [3.8, 4) is 0 Å². The van der Waals surface area contributed by atoms with Crippen LogP contribution in [0.2, 0.25) is 0 Å². The third kappa shape index (κ3) is 6.94. The van der Waals surface area contributed by atoms with Crippen LogP contribution in [0.3, 0.4) is 0 Å². The van der Waals surface area contributed by atoms with Gasteiger partial charge in [0.25, 0.3) is 11.5 Å². The topological polar surface area (TPSA) is 134 Å². The number of ether oxygens (including phenoxy) is 1. The number of aliphatic hydroxyl groups is 3. The maximum atomic E-state index is 13.0. The molecule has 0 spiro atoms. The van der Waals surface area contributed by atoms with Gasteiger partial charge in [-0.05, 0) is 49.9 Å². The molecule has 0 aliphatic rings. The van der Waals surface area contributed by atoms with Crippen molar-refractivity contribution in [1.29, 1.82) is 0 Å². The average Bonchev–Trinajstić information content (AvgIpc) is 2.68. The van der Waals surface area contributed by atoms with Gasteiger partial charge in [-0.25, -0.2) is 4.98 Å². The second-order valence-corrected chi connectivity index (χ2v) is 6.89. The molecule has 0 aliphatic carbocycles. The number of aryl methyl sites for hydroxylation is 3. The fraction of sp³-hybridized carbons (Fsp3) is 0.550. The Morgan fingerprint density at radius 3 is 2.53 bits per heavy atom. The normalized spacial score (nSPS) is 11.9. The first kappa shape index (κ1) is 26.4. The van der Waals surface area contributed by atoms with Gasteiger partial charge in [0.1, 0.15) is 0 Å². The molecule has 2 aromatic rings. The molecule has 0 radical (unpaired) electrons. The molecule has 4 N–H and O–H groups in total. The van der Waals surface area contributed by atoms with Gasteiger partial charge < -0.3 is 29.9 Å². The molecule has 170 valence electrons. The molecule has 1 atom stereocenters. The number of aliphatic hydroxyl groups excluding tert-OH is 3. The van der Waals surface area contributed by atoms with Crippen LogP contribution in [0, 0.1) is 13.8 Å². The van der Waals surface area contributed by atoms with Crippen molar-refractivity contribution in [2.75, 3.05) is 33.0 Å². The number of hydrogen-bond donors (Lipinski definition) is 4. The van der Waals surface area contributed by atoms with Crippen molar-refractivity contribution in [2.24, 2.45) is 0 Å². The minimum Gasteiger partial charge on any atom is -0.396 e. The van der Waals surface area contributed by atoms with E-state index in [0.29, 0.717) is 11.0 Å². The smallest absolute Gasteiger partial charge is 0.282 e. The van der Waals surface area contributed by atoms with Crippen LogP contribution in [0.4, 0.5) is 0 Å². The SMILES string of the molecule is Cc1cc2nc(C(=O)NCCOCCO)c(=O)n(CCC(O)CCO)c2cc1C.[Pd]. The minimum absolute atomic E-state index is 0. The Hall–Kier alpha value is -1.67. The van der Waals surface area contributed by atoms with Gasteiger partial charge in [-0.1, -0.05) is 0 Å². The molecular formula is C20H29N3O6Pd. The standard InChI is InChI=1S/C20H29N3O6.Pd/c1-13-11-16-17(12-14(13)2)23(6-3-15(26)4-7-24)20(28)18(22-16)19(27)21-5-9-29-10-8-25;/h11-12,15,24-26H,3-10H2,1-2H3,(H,21,27);. The summed E-state index contributed by atoms with van der Waals surface area (Å²) >= 11 is 0. The van der Waals surface area contributed by atoms with E-state index in [1.54, 1.807) is 0 Å².